The number of esters is 1. The molecule has 0 bridgehead atoms. The third kappa shape index (κ3) is 1.86. The summed E-state index contributed by atoms with van der Waals surface area (Å²) in [4.78, 5) is 25.4. The molecule has 0 spiro atoms. The fourth-order valence-corrected chi connectivity index (χ4v) is 3.85. The van der Waals surface area contributed by atoms with Crippen LogP contribution < -0.4 is 0 Å². The fourth-order valence-electron chi connectivity index (χ4n) is 3.85. The van der Waals surface area contributed by atoms with Gasteiger partial charge in [-0.3, -0.25) is 14.2 Å². The smallest absolute Gasteiger partial charge is 0.319 e. The molecule has 120 valence electrons. The lowest BCUT2D eigenvalue weighted by Gasteiger charge is -2.17. The van der Waals surface area contributed by atoms with Crippen LogP contribution in [0.4, 0.5) is 0 Å². The number of methoxy groups -OCH3 is 1. The molecule has 1 aromatic heterocycles. The summed E-state index contributed by atoms with van der Waals surface area (Å²) in [6.45, 7) is 2.01. The van der Waals surface area contributed by atoms with Crippen molar-refractivity contribution >= 4 is 22.8 Å². The number of carbonyl (C=O) groups is 2. The van der Waals surface area contributed by atoms with Crippen molar-refractivity contribution in [1.82, 2.24) is 4.57 Å². The lowest BCUT2D eigenvalue weighted by molar-refractivity contribution is -0.143. The first-order valence-electron chi connectivity index (χ1n) is 7.92. The molecular formula is C20H17NO3. The normalized spacial score (nSPS) is 19.5. The molecule has 0 radical (unpaired) electrons. The van der Waals surface area contributed by atoms with Crippen molar-refractivity contribution in [1.29, 1.82) is 0 Å². The van der Waals surface area contributed by atoms with Crippen molar-refractivity contribution in [2.24, 2.45) is 5.92 Å². The summed E-state index contributed by atoms with van der Waals surface area (Å²) in [5.41, 5.74) is 3.73. The summed E-state index contributed by atoms with van der Waals surface area (Å²) in [6, 6.07) is 17.5. The van der Waals surface area contributed by atoms with Crippen LogP contribution in [0, 0.1) is 12.8 Å². The molecule has 24 heavy (non-hydrogen) atoms. The first-order valence-corrected chi connectivity index (χ1v) is 7.92. The second-order valence-corrected chi connectivity index (χ2v) is 6.09. The van der Waals surface area contributed by atoms with Crippen molar-refractivity contribution in [2.45, 2.75) is 12.8 Å². The second-order valence-electron chi connectivity index (χ2n) is 6.09. The number of hydrogen-bond donors (Lipinski definition) is 0. The van der Waals surface area contributed by atoms with E-state index in [2.05, 4.69) is 0 Å². The van der Waals surface area contributed by atoms with Gasteiger partial charge in [0, 0.05) is 17.0 Å². The number of rotatable bonds is 2. The number of aromatic nitrogens is 1. The number of para-hydroxylation sites is 1. The Bertz CT molecular complexity index is 956. The van der Waals surface area contributed by atoms with Gasteiger partial charge in [-0.2, -0.15) is 0 Å². The average Bonchev–Trinajstić information content (AvgIpc) is 3.09. The van der Waals surface area contributed by atoms with Gasteiger partial charge < -0.3 is 4.74 Å². The molecule has 4 rings (SSSR count). The van der Waals surface area contributed by atoms with E-state index >= 15 is 0 Å². The molecule has 0 aliphatic carbocycles. The van der Waals surface area contributed by atoms with Gasteiger partial charge in [0.2, 0.25) is 5.91 Å². The Morgan fingerprint density at radius 3 is 2.42 bits per heavy atom. The highest BCUT2D eigenvalue weighted by Crippen LogP contribution is 2.45. The Morgan fingerprint density at radius 2 is 1.71 bits per heavy atom. The van der Waals surface area contributed by atoms with E-state index in [-0.39, 0.29) is 11.8 Å². The summed E-state index contributed by atoms with van der Waals surface area (Å²) in [5.74, 6) is -1.86. The van der Waals surface area contributed by atoms with E-state index < -0.39 is 11.9 Å². The second kappa shape index (κ2) is 5.34. The van der Waals surface area contributed by atoms with Crippen molar-refractivity contribution in [3.63, 3.8) is 0 Å². The minimum atomic E-state index is -0.837. The zero-order valence-electron chi connectivity index (χ0n) is 13.5. The van der Waals surface area contributed by atoms with E-state index in [0.717, 1.165) is 27.7 Å². The molecule has 2 aromatic carbocycles. The standard InChI is InChI=1S/C20H17NO3/c1-12-14-10-6-7-11-15(14)21-18(12)16(13-8-4-3-5-9-13)17(19(21)22)20(23)24-2/h3-11,16-17H,1-2H3/t16-,17-/m1/s1. The Kier molecular flexibility index (Phi) is 3.27. The molecule has 2 atom stereocenters. The van der Waals surface area contributed by atoms with E-state index in [1.807, 2.05) is 61.5 Å². The summed E-state index contributed by atoms with van der Waals surface area (Å²) >= 11 is 0. The van der Waals surface area contributed by atoms with Gasteiger partial charge in [0.15, 0.2) is 0 Å². The minimum Gasteiger partial charge on any atom is -0.468 e. The molecule has 0 saturated heterocycles. The van der Waals surface area contributed by atoms with Gasteiger partial charge in [-0.15, -0.1) is 0 Å². The van der Waals surface area contributed by atoms with Crippen molar-refractivity contribution < 1.29 is 14.3 Å². The zero-order valence-corrected chi connectivity index (χ0v) is 13.5. The highest BCUT2D eigenvalue weighted by Gasteiger charge is 2.48. The Morgan fingerprint density at radius 1 is 1.04 bits per heavy atom. The van der Waals surface area contributed by atoms with Crippen LogP contribution in [0.25, 0.3) is 10.9 Å². The summed E-state index contributed by atoms with van der Waals surface area (Å²) < 4.78 is 6.63. The topological polar surface area (TPSA) is 48.3 Å². The van der Waals surface area contributed by atoms with Crippen molar-refractivity contribution in [3.8, 4) is 0 Å². The minimum absolute atomic E-state index is 0.213. The molecule has 0 amide bonds. The van der Waals surface area contributed by atoms with E-state index in [1.54, 1.807) is 4.57 Å². The summed E-state index contributed by atoms with van der Waals surface area (Å²) in [7, 11) is 1.33. The average molecular weight is 319 g/mol. The summed E-state index contributed by atoms with van der Waals surface area (Å²) in [6.07, 6.45) is 0. The van der Waals surface area contributed by atoms with Gasteiger partial charge in [-0.05, 0) is 24.1 Å². The van der Waals surface area contributed by atoms with Crippen LogP contribution in [0.1, 0.15) is 27.5 Å². The molecule has 4 heteroatoms. The van der Waals surface area contributed by atoms with Gasteiger partial charge in [0.1, 0.15) is 5.92 Å². The first-order chi connectivity index (χ1) is 11.6. The van der Waals surface area contributed by atoms with Crippen LogP contribution in [0.3, 0.4) is 0 Å². The number of hydrogen-bond acceptors (Lipinski definition) is 3. The molecule has 3 aromatic rings. The van der Waals surface area contributed by atoms with E-state index in [1.165, 1.54) is 7.11 Å². The Balaban J connectivity index is 2.04. The lowest BCUT2D eigenvalue weighted by Crippen LogP contribution is -2.27. The molecule has 0 N–H and O–H groups in total. The van der Waals surface area contributed by atoms with Crippen LogP contribution in [-0.4, -0.2) is 23.6 Å². The van der Waals surface area contributed by atoms with Gasteiger partial charge >= 0.3 is 5.97 Å². The fraction of sp³-hybridized carbons (Fsp3) is 0.200. The molecule has 0 saturated carbocycles. The summed E-state index contributed by atoms with van der Waals surface area (Å²) in [5, 5.41) is 1.05. The van der Waals surface area contributed by atoms with E-state index in [0.29, 0.717) is 0 Å². The highest BCUT2D eigenvalue weighted by atomic mass is 16.5. The number of benzene rings is 2. The molecular weight excluding hydrogens is 302 g/mol. The van der Waals surface area contributed by atoms with Crippen LogP contribution in [0.5, 0.6) is 0 Å². The quantitative estimate of drug-likeness (QED) is 0.536. The maximum Gasteiger partial charge on any atom is 0.319 e. The van der Waals surface area contributed by atoms with Crippen molar-refractivity contribution in [2.75, 3.05) is 7.11 Å². The molecule has 0 unspecified atom stereocenters. The SMILES string of the molecule is COC(=O)[C@H]1C(=O)n2c(c(C)c3ccccc32)[C@@H]1c1ccccc1. The lowest BCUT2D eigenvalue weighted by atomic mass is 9.84. The number of ether oxygens (including phenoxy) is 1. The van der Waals surface area contributed by atoms with Gasteiger partial charge in [0.25, 0.3) is 0 Å². The maximum absolute atomic E-state index is 13.1. The largest absolute Gasteiger partial charge is 0.468 e. The molecule has 4 nitrogen and oxygen atoms in total. The molecule has 1 aliphatic heterocycles. The van der Waals surface area contributed by atoms with Crippen LogP contribution >= 0.6 is 0 Å². The third-order valence-corrected chi connectivity index (χ3v) is 4.90. The molecule has 1 aliphatic rings. The predicted octanol–water partition coefficient (Wildman–Crippen LogP) is 3.52. The van der Waals surface area contributed by atoms with Gasteiger partial charge in [-0.1, -0.05) is 48.5 Å². The number of fused-ring (bicyclic) bond motifs is 3. The van der Waals surface area contributed by atoms with Crippen LogP contribution in [-0.2, 0) is 9.53 Å². The number of carbonyl (C=O) groups excluding carboxylic acids is 2. The molecule has 0 fully saturated rings. The van der Waals surface area contributed by atoms with Gasteiger partial charge in [-0.25, -0.2) is 0 Å². The number of nitrogens with zero attached hydrogens (tertiary/aromatic N) is 1. The molecule has 2 heterocycles. The monoisotopic (exact) mass is 319 g/mol. The van der Waals surface area contributed by atoms with Crippen LogP contribution in [0.2, 0.25) is 0 Å². The first kappa shape index (κ1) is 14.7. The van der Waals surface area contributed by atoms with Crippen molar-refractivity contribution in [3.05, 3.63) is 71.4 Å². The Labute approximate surface area is 139 Å². The third-order valence-electron chi connectivity index (χ3n) is 4.90. The Hall–Kier alpha value is -2.88. The zero-order chi connectivity index (χ0) is 16.8. The maximum atomic E-state index is 13.1. The predicted molar refractivity (Wildman–Crippen MR) is 91.1 cm³/mol. The highest BCUT2D eigenvalue weighted by molar-refractivity contribution is 6.08. The number of aryl methyl sites for hydroxylation is 1. The van der Waals surface area contributed by atoms with E-state index in [4.69, 9.17) is 4.74 Å². The van der Waals surface area contributed by atoms with E-state index in [9.17, 15) is 9.59 Å². The van der Waals surface area contributed by atoms with Crippen LogP contribution in [0.15, 0.2) is 54.6 Å². The van der Waals surface area contributed by atoms with Gasteiger partial charge in [0.05, 0.1) is 12.6 Å².